The molecule has 0 fully saturated rings. The Hall–Kier alpha value is -1.44. The van der Waals surface area contributed by atoms with Crippen molar-refractivity contribution in [3.8, 4) is 0 Å². The third-order valence-corrected chi connectivity index (χ3v) is 1.96. The van der Waals surface area contributed by atoms with Crippen LogP contribution in [0.3, 0.4) is 0 Å². The Labute approximate surface area is 79.0 Å². The summed E-state index contributed by atoms with van der Waals surface area (Å²) in [6.45, 7) is 11.5. The number of pyridine rings is 1. The maximum atomic E-state index is 4.16. The molecule has 0 saturated heterocycles. The number of aliphatic imine (C=N–C) groups is 1. The molecule has 0 spiro atoms. The van der Waals surface area contributed by atoms with Gasteiger partial charge in [-0.25, -0.2) is 0 Å². The second-order valence-electron chi connectivity index (χ2n) is 3.15. The molecule has 0 saturated carbocycles. The fraction of sp³-hybridized carbons (Fsp3) is 0.273. The second-order valence-corrected chi connectivity index (χ2v) is 3.15. The highest BCUT2D eigenvalue weighted by Crippen LogP contribution is 2.28. The molecule has 1 aromatic rings. The van der Waals surface area contributed by atoms with Crippen LogP contribution in [0, 0.1) is 0 Å². The Morgan fingerprint density at radius 2 is 2.23 bits per heavy atom. The van der Waals surface area contributed by atoms with E-state index >= 15 is 0 Å². The number of hydrogen-bond acceptors (Lipinski definition) is 2. The van der Waals surface area contributed by atoms with Gasteiger partial charge in [-0.2, -0.15) is 0 Å². The van der Waals surface area contributed by atoms with Crippen molar-refractivity contribution in [1.29, 1.82) is 0 Å². The molecule has 0 unspecified atom stereocenters. The van der Waals surface area contributed by atoms with Gasteiger partial charge in [-0.1, -0.05) is 20.4 Å². The normalized spacial score (nSPS) is 10.1. The summed E-state index contributed by atoms with van der Waals surface area (Å²) in [7, 11) is 0. The van der Waals surface area contributed by atoms with Crippen LogP contribution in [-0.2, 0) is 0 Å². The molecule has 1 heterocycles. The molecule has 2 heteroatoms. The van der Waals surface area contributed by atoms with E-state index in [0.717, 1.165) is 11.4 Å². The van der Waals surface area contributed by atoms with E-state index in [1.54, 1.807) is 12.3 Å². The molecular weight excluding hydrogens is 160 g/mol. The molecule has 0 aliphatic rings. The van der Waals surface area contributed by atoms with Gasteiger partial charge in [0.25, 0.3) is 0 Å². The van der Waals surface area contributed by atoms with Crippen LogP contribution in [0.5, 0.6) is 0 Å². The van der Waals surface area contributed by atoms with Gasteiger partial charge in [0.1, 0.15) is 0 Å². The summed E-state index contributed by atoms with van der Waals surface area (Å²) >= 11 is 0. The maximum Gasteiger partial charge on any atom is 0.0913 e. The Morgan fingerprint density at radius 1 is 1.54 bits per heavy atom. The zero-order valence-electron chi connectivity index (χ0n) is 8.12. The molecule has 2 nitrogen and oxygen atoms in total. The first kappa shape index (κ1) is 9.65. The smallest absolute Gasteiger partial charge is 0.0913 e. The molecule has 0 aliphatic heterocycles. The largest absolute Gasteiger partial charge is 0.262 e. The van der Waals surface area contributed by atoms with Gasteiger partial charge in [0.2, 0.25) is 0 Å². The first-order valence-corrected chi connectivity index (χ1v) is 4.28. The van der Waals surface area contributed by atoms with Crippen molar-refractivity contribution in [2.75, 3.05) is 0 Å². The number of aromatic nitrogens is 1. The van der Waals surface area contributed by atoms with E-state index in [2.05, 4.69) is 37.1 Å². The summed E-state index contributed by atoms with van der Waals surface area (Å²) in [5, 5.41) is 0. The summed E-state index contributed by atoms with van der Waals surface area (Å²) in [6.07, 6.45) is 3.48. The average molecular weight is 174 g/mol. The lowest BCUT2D eigenvalue weighted by molar-refractivity contribution is 0.862. The SMILES string of the molecule is C=Cc1nccc(C(C)C)c1N=C. The minimum atomic E-state index is 0.433. The average Bonchev–Trinajstić information content (AvgIpc) is 2.16. The highest BCUT2D eigenvalue weighted by molar-refractivity contribution is 5.65. The van der Waals surface area contributed by atoms with E-state index in [9.17, 15) is 0 Å². The molecule has 0 N–H and O–H groups in total. The molecule has 1 aromatic heterocycles. The zero-order chi connectivity index (χ0) is 9.84. The van der Waals surface area contributed by atoms with Gasteiger partial charge in [-0.3, -0.25) is 9.98 Å². The lowest BCUT2D eigenvalue weighted by Gasteiger charge is -2.10. The highest BCUT2D eigenvalue weighted by Gasteiger charge is 2.08. The van der Waals surface area contributed by atoms with Gasteiger partial charge < -0.3 is 0 Å². The van der Waals surface area contributed by atoms with Gasteiger partial charge in [-0.15, -0.1) is 0 Å². The second kappa shape index (κ2) is 3.99. The van der Waals surface area contributed by atoms with Crippen LogP contribution >= 0.6 is 0 Å². The van der Waals surface area contributed by atoms with E-state index in [4.69, 9.17) is 0 Å². The molecule has 1 rings (SSSR count). The monoisotopic (exact) mass is 174 g/mol. The lowest BCUT2D eigenvalue weighted by Crippen LogP contribution is -1.92. The van der Waals surface area contributed by atoms with Crippen molar-refractivity contribution in [3.05, 3.63) is 30.1 Å². The Bertz CT molecular complexity index is 327. The Kier molecular flexibility index (Phi) is 2.96. The summed E-state index contributed by atoms with van der Waals surface area (Å²) in [5.41, 5.74) is 2.83. The summed E-state index contributed by atoms with van der Waals surface area (Å²) in [5.74, 6) is 0.433. The van der Waals surface area contributed by atoms with Gasteiger partial charge in [0.05, 0.1) is 11.4 Å². The maximum absolute atomic E-state index is 4.16. The van der Waals surface area contributed by atoms with Crippen molar-refractivity contribution in [2.24, 2.45) is 4.99 Å². The lowest BCUT2D eigenvalue weighted by atomic mass is 10.0. The molecular formula is C11H14N2. The molecule has 0 radical (unpaired) electrons. The zero-order valence-corrected chi connectivity index (χ0v) is 8.12. The molecule has 68 valence electrons. The van der Waals surface area contributed by atoms with E-state index in [0.29, 0.717) is 5.92 Å². The van der Waals surface area contributed by atoms with Gasteiger partial charge in [0.15, 0.2) is 0 Å². The fourth-order valence-corrected chi connectivity index (χ4v) is 1.27. The van der Waals surface area contributed by atoms with Crippen molar-refractivity contribution in [3.63, 3.8) is 0 Å². The predicted molar refractivity (Wildman–Crippen MR) is 57.6 cm³/mol. The standard InChI is InChI=1S/C11H14N2/c1-5-10-11(12-4)9(8(2)3)6-7-13-10/h5-8H,1,4H2,2-3H3. The first-order valence-electron chi connectivity index (χ1n) is 4.28. The van der Waals surface area contributed by atoms with Gasteiger partial charge in [0, 0.05) is 6.20 Å². The van der Waals surface area contributed by atoms with Crippen molar-refractivity contribution >= 4 is 18.5 Å². The predicted octanol–water partition coefficient (Wildman–Crippen LogP) is 3.18. The first-order chi connectivity index (χ1) is 6.20. The van der Waals surface area contributed by atoms with Crippen LogP contribution in [-0.4, -0.2) is 11.7 Å². The molecule has 0 aromatic carbocycles. The van der Waals surface area contributed by atoms with Gasteiger partial charge in [-0.05, 0) is 30.3 Å². The Morgan fingerprint density at radius 3 is 2.69 bits per heavy atom. The Balaban J connectivity index is 3.35. The molecule has 0 bridgehead atoms. The molecule has 13 heavy (non-hydrogen) atoms. The number of hydrogen-bond donors (Lipinski definition) is 0. The van der Waals surface area contributed by atoms with Crippen molar-refractivity contribution in [1.82, 2.24) is 4.98 Å². The van der Waals surface area contributed by atoms with Crippen LogP contribution in [0.25, 0.3) is 6.08 Å². The molecule has 0 atom stereocenters. The topological polar surface area (TPSA) is 25.2 Å². The third-order valence-electron chi connectivity index (χ3n) is 1.96. The van der Waals surface area contributed by atoms with E-state index in [1.807, 2.05) is 6.07 Å². The minimum Gasteiger partial charge on any atom is -0.262 e. The molecule has 0 amide bonds. The van der Waals surface area contributed by atoms with E-state index < -0.39 is 0 Å². The quantitative estimate of drug-likeness (QED) is 0.646. The number of rotatable bonds is 3. The summed E-state index contributed by atoms with van der Waals surface area (Å²) in [4.78, 5) is 8.14. The highest BCUT2D eigenvalue weighted by atomic mass is 14.8. The van der Waals surface area contributed by atoms with Crippen molar-refractivity contribution < 1.29 is 0 Å². The van der Waals surface area contributed by atoms with E-state index in [-0.39, 0.29) is 0 Å². The summed E-state index contributed by atoms with van der Waals surface area (Å²) in [6, 6.07) is 1.97. The van der Waals surface area contributed by atoms with Crippen LogP contribution in [0.15, 0.2) is 23.8 Å². The fourth-order valence-electron chi connectivity index (χ4n) is 1.27. The van der Waals surface area contributed by atoms with Gasteiger partial charge >= 0.3 is 0 Å². The summed E-state index contributed by atoms with van der Waals surface area (Å²) < 4.78 is 0. The minimum absolute atomic E-state index is 0.433. The third kappa shape index (κ3) is 1.83. The van der Waals surface area contributed by atoms with Crippen LogP contribution in [0.1, 0.15) is 31.0 Å². The molecule has 0 aliphatic carbocycles. The van der Waals surface area contributed by atoms with Crippen molar-refractivity contribution in [2.45, 2.75) is 19.8 Å². The number of nitrogens with zero attached hydrogens (tertiary/aromatic N) is 2. The van der Waals surface area contributed by atoms with Crippen LogP contribution < -0.4 is 0 Å². The van der Waals surface area contributed by atoms with Crippen LogP contribution in [0.2, 0.25) is 0 Å². The van der Waals surface area contributed by atoms with Crippen LogP contribution in [0.4, 0.5) is 5.69 Å². The van der Waals surface area contributed by atoms with E-state index in [1.165, 1.54) is 5.56 Å².